The van der Waals surface area contributed by atoms with Crippen molar-refractivity contribution in [3.05, 3.63) is 95.6 Å². The zero-order valence-electron chi connectivity index (χ0n) is 22.4. The molecule has 0 radical (unpaired) electrons. The highest BCUT2D eigenvalue weighted by Crippen LogP contribution is 2.25. The number of hydrogen-bond donors (Lipinski definition) is 1. The Kier molecular flexibility index (Phi) is 11.2. The van der Waals surface area contributed by atoms with Gasteiger partial charge in [-0.15, -0.1) is 0 Å². The number of anilines is 1. The minimum atomic E-state index is -0.242. The summed E-state index contributed by atoms with van der Waals surface area (Å²) in [7, 11) is 3.97. The predicted octanol–water partition coefficient (Wildman–Crippen LogP) is 6.82. The number of phenols is 1. The standard InChI is InChI=1S/C32H40N2O3/c1-4-34(25-27-12-8-7-9-13-27)22-10-5-6-11-23-37-29-19-20-30(32(36)24-29)31(35)21-16-26-14-17-28(18-15-26)33(2)3/h7-9,12-21,24,36H,4-6,10-11,22-23,25H2,1-3H3/b21-16+. The lowest BCUT2D eigenvalue weighted by molar-refractivity contribution is 0.104. The van der Waals surface area contributed by atoms with E-state index in [0.29, 0.717) is 12.4 Å². The van der Waals surface area contributed by atoms with Gasteiger partial charge in [0, 0.05) is 32.4 Å². The molecule has 0 unspecified atom stereocenters. The molecule has 3 rings (SSSR count). The number of ketones is 1. The van der Waals surface area contributed by atoms with Crippen LogP contribution in [-0.2, 0) is 6.54 Å². The molecule has 0 spiro atoms. The summed E-state index contributed by atoms with van der Waals surface area (Å²) in [4.78, 5) is 17.1. The molecule has 0 bridgehead atoms. The van der Waals surface area contributed by atoms with Gasteiger partial charge in [0.25, 0.3) is 0 Å². The average Bonchev–Trinajstić information content (AvgIpc) is 2.91. The number of allylic oxidation sites excluding steroid dienone is 1. The van der Waals surface area contributed by atoms with E-state index in [9.17, 15) is 9.90 Å². The van der Waals surface area contributed by atoms with Crippen molar-refractivity contribution in [2.75, 3.05) is 38.7 Å². The summed E-state index contributed by atoms with van der Waals surface area (Å²) in [5.74, 6) is 0.277. The molecule has 3 aromatic rings. The Hall–Kier alpha value is -3.57. The van der Waals surface area contributed by atoms with E-state index in [1.54, 1.807) is 18.2 Å². The number of rotatable bonds is 15. The highest BCUT2D eigenvalue weighted by atomic mass is 16.5. The van der Waals surface area contributed by atoms with Crippen LogP contribution in [0.15, 0.2) is 78.9 Å². The maximum Gasteiger partial charge on any atom is 0.189 e. The molecule has 0 heterocycles. The average molecular weight is 501 g/mol. The first-order valence-electron chi connectivity index (χ1n) is 13.2. The number of unbranched alkanes of at least 4 members (excludes halogenated alkanes) is 3. The number of hydrogen-bond acceptors (Lipinski definition) is 5. The number of aromatic hydroxyl groups is 1. The van der Waals surface area contributed by atoms with Gasteiger partial charge in [0.15, 0.2) is 5.78 Å². The van der Waals surface area contributed by atoms with E-state index < -0.39 is 0 Å². The maximum atomic E-state index is 12.6. The third kappa shape index (κ3) is 9.43. The molecule has 0 saturated heterocycles. The summed E-state index contributed by atoms with van der Waals surface area (Å²) >= 11 is 0. The van der Waals surface area contributed by atoms with Crippen LogP contribution in [0.2, 0.25) is 0 Å². The van der Waals surface area contributed by atoms with Gasteiger partial charge < -0.3 is 14.7 Å². The van der Waals surface area contributed by atoms with Crippen LogP contribution >= 0.6 is 0 Å². The van der Waals surface area contributed by atoms with Crippen LogP contribution in [0.3, 0.4) is 0 Å². The summed E-state index contributed by atoms with van der Waals surface area (Å²) in [5.41, 5.74) is 3.65. The fourth-order valence-corrected chi connectivity index (χ4v) is 4.13. The lowest BCUT2D eigenvalue weighted by Gasteiger charge is -2.20. The van der Waals surface area contributed by atoms with Crippen molar-refractivity contribution >= 4 is 17.5 Å². The lowest BCUT2D eigenvalue weighted by atomic mass is 10.1. The highest BCUT2D eigenvalue weighted by Gasteiger charge is 2.10. The Morgan fingerprint density at radius 3 is 2.32 bits per heavy atom. The number of ether oxygens (including phenoxy) is 1. The van der Waals surface area contributed by atoms with E-state index in [0.717, 1.165) is 50.1 Å². The molecule has 0 saturated carbocycles. The van der Waals surface area contributed by atoms with Gasteiger partial charge >= 0.3 is 0 Å². The van der Waals surface area contributed by atoms with Crippen molar-refractivity contribution in [2.45, 2.75) is 39.2 Å². The van der Waals surface area contributed by atoms with Gasteiger partial charge in [-0.25, -0.2) is 0 Å². The topological polar surface area (TPSA) is 53.0 Å². The van der Waals surface area contributed by atoms with Gasteiger partial charge in [-0.3, -0.25) is 9.69 Å². The molecule has 0 atom stereocenters. The number of carbonyl (C=O) groups is 1. The third-order valence-corrected chi connectivity index (χ3v) is 6.40. The largest absolute Gasteiger partial charge is 0.507 e. The van der Waals surface area contributed by atoms with E-state index in [4.69, 9.17) is 4.74 Å². The van der Waals surface area contributed by atoms with Crippen molar-refractivity contribution in [1.29, 1.82) is 0 Å². The zero-order chi connectivity index (χ0) is 26.5. The second-order valence-electron chi connectivity index (χ2n) is 9.48. The van der Waals surface area contributed by atoms with E-state index in [-0.39, 0.29) is 17.1 Å². The molecule has 0 fully saturated rings. The van der Waals surface area contributed by atoms with Crippen molar-refractivity contribution in [1.82, 2.24) is 4.90 Å². The molecule has 0 aromatic heterocycles. The van der Waals surface area contributed by atoms with Crippen LogP contribution in [0.25, 0.3) is 6.08 Å². The molecule has 3 aromatic carbocycles. The minimum absolute atomic E-state index is 0.0619. The molecule has 0 aliphatic rings. The number of benzene rings is 3. The normalized spacial score (nSPS) is 11.2. The first kappa shape index (κ1) is 28.0. The van der Waals surface area contributed by atoms with E-state index >= 15 is 0 Å². The Balaban J connectivity index is 1.36. The number of phenolic OH excluding ortho intramolecular Hbond substituents is 1. The second kappa shape index (κ2) is 14.9. The van der Waals surface area contributed by atoms with Gasteiger partial charge in [0.1, 0.15) is 11.5 Å². The summed E-state index contributed by atoms with van der Waals surface area (Å²) in [6.45, 7) is 5.97. The van der Waals surface area contributed by atoms with E-state index in [1.807, 2.05) is 43.3 Å². The van der Waals surface area contributed by atoms with Gasteiger partial charge in [0.2, 0.25) is 0 Å². The van der Waals surface area contributed by atoms with E-state index in [2.05, 4.69) is 42.2 Å². The zero-order valence-corrected chi connectivity index (χ0v) is 22.4. The quantitative estimate of drug-likeness (QED) is 0.141. The van der Waals surface area contributed by atoms with Crippen molar-refractivity contribution in [2.24, 2.45) is 0 Å². The lowest BCUT2D eigenvalue weighted by Crippen LogP contribution is -2.24. The summed E-state index contributed by atoms with van der Waals surface area (Å²) < 4.78 is 5.81. The van der Waals surface area contributed by atoms with Gasteiger partial charge in [-0.2, -0.15) is 0 Å². The monoisotopic (exact) mass is 500 g/mol. The Bertz CT molecular complexity index is 1120. The SMILES string of the molecule is CCN(CCCCCCOc1ccc(C(=O)/C=C/c2ccc(N(C)C)cc2)c(O)c1)Cc1ccccc1. The highest BCUT2D eigenvalue weighted by molar-refractivity contribution is 6.08. The summed E-state index contributed by atoms with van der Waals surface area (Å²) in [6, 6.07) is 23.4. The number of carbonyl (C=O) groups excluding carboxylic acids is 1. The van der Waals surface area contributed by atoms with Crippen LogP contribution < -0.4 is 9.64 Å². The summed E-state index contributed by atoms with van der Waals surface area (Å²) in [5, 5.41) is 10.4. The van der Waals surface area contributed by atoms with Crippen LogP contribution in [0.1, 0.15) is 54.1 Å². The van der Waals surface area contributed by atoms with E-state index in [1.165, 1.54) is 24.1 Å². The van der Waals surface area contributed by atoms with Crippen LogP contribution in [-0.4, -0.2) is 49.6 Å². The van der Waals surface area contributed by atoms with Crippen LogP contribution in [0.4, 0.5) is 5.69 Å². The molecule has 5 nitrogen and oxygen atoms in total. The summed E-state index contributed by atoms with van der Waals surface area (Å²) in [6.07, 6.45) is 7.64. The smallest absolute Gasteiger partial charge is 0.189 e. The predicted molar refractivity (Wildman–Crippen MR) is 154 cm³/mol. The van der Waals surface area contributed by atoms with Crippen LogP contribution in [0.5, 0.6) is 11.5 Å². The molecule has 196 valence electrons. The Morgan fingerprint density at radius 1 is 0.919 bits per heavy atom. The van der Waals surface area contributed by atoms with Crippen molar-refractivity contribution in [3.63, 3.8) is 0 Å². The minimum Gasteiger partial charge on any atom is -0.507 e. The fraction of sp³-hybridized carbons (Fsp3) is 0.344. The first-order valence-corrected chi connectivity index (χ1v) is 13.2. The van der Waals surface area contributed by atoms with Crippen molar-refractivity contribution < 1.29 is 14.6 Å². The van der Waals surface area contributed by atoms with Gasteiger partial charge in [-0.1, -0.05) is 68.3 Å². The third-order valence-electron chi connectivity index (χ3n) is 6.40. The van der Waals surface area contributed by atoms with Gasteiger partial charge in [0.05, 0.1) is 12.2 Å². The molecule has 0 aliphatic carbocycles. The Morgan fingerprint density at radius 2 is 1.65 bits per heavy atom. The maximum absolute atomic E-state index is 12.6. The molecule has 1 N–H and O–H groups in total. The second-order valence-corrected chi connectivity index (χ2v) is 9.48. The number of nitrogens with zero attached hydrogens (tertiary/aromatic N) is 2. The molecular weight excluding hydrogens is 460 g/mol. The molecule has 37 heavy (non-hydrogen) atoms. The molecule has 0 aliphatic heterocycles. The fourth-order valence-electron chi connectivity index (χ4n) is 4.13. The van der Waals surface area contributed by atoms with Crippen molar-refractivity contribution in [3.8, 4) is 11.5 Å². The first-order chi connectivity index (χ1) is 18.0. The van der Waals surface area contributed by atoms with Crippen LogP contribution in [0, 0.1) is 0 Å². The molecule has 0 amide bonds. The molecule has 5 heteroatoms. The Labute approximate surface area is 222 Å². The van der Waals surface area contributed by atoms with Gasteiger partial charge in [-0.05, 0) is 67.4 Å². The molecular formula is C32H40N2O3.